The van der Waals surface area contributed by atoms with Gasteiger partial charge in [0, 0.05) is 29.0 Å². The van der Waals surface area contributed by atoms with E-state index in [2.05, 4.69) is 25.3 Å². The monoisotopic (exact) mass is 642 g/mol. The molecule has 3 aliphatic rings. The minimum absolute atomic E-state index is 0.0608. The lowest BCUT2D eigenvalue weighted by Gasteiger charge is -2.21. The van der Waals surface area contributed by atoms with Gasteiger partial charge in [-0.2, -0.15) is 18.2 Å². The molecule has 5 atom stereocenters. The molecule has 2 aliphatic heterocycles. The third-order valence-electron chi connectivity index (χ3n) is 9.50. The van der Waals surface area contributed by atoms with Gasteiger partial charge in [-0.1, -0.05) is 39.3 Å². The number of benzene rings is 1. The topological polar surface area (TPSA) is 106 Å². The van der Waals surface area contributed by atoms with Crippen molar-refractivity contribution in [1.29, 1.82) is 0 Å². The number of aromatic nitrogens is 5. The number of fused-ring (bicyclic) bond motifs is 5. The number of halogens is 5. The average molecular weight is 643 g/mol. The zero-order valence-corrected chi connectivity index (χ0v) is 25.7. The summed E-state index contributed by atoms with van der Waals surface area (Å²) in [6, 6.07) is 3.28. The first kappa shape index (κ1) is 30.0. The van der Waals surface area contributed by atoms with Crippen LogP contribution in [0.5, 0.6) is 5.75 Å². The first-order valence-corrected chi connectivity index (χ1v) is 15.5. The molecule has 2 N–H and O–H groups in total. The number of alkyl halides is 3. The van der Waals surface area contributed by atoms with Gasteiger partial charge < -0.3 is 10.4 Å². The van der Waals surface area contributed by atoms with E-state index < -0.39 is 45.3 Å². The van der Waals surface area contributed by atoms with E-state index >= 15 is 4.39 Å². The van der Waals surface area contributed by atoms with Crippen LogP contribution >= 0.6 is 11.6 Å². The van der Waals surface area contributed by atoms with E-state index in [0.29, 0.717) is 28.8 Å². The highest BCUT2D eigenvalue weighted by molar-refractivity contribution is 6.32. The quantitative estimate of drug-likeness (QED) is 0.229. The fourth-order valence-corrected chi connectivity index (χ4v) is 7.96. The van der Waals surface area contributed by atoms with Crippen molar-refractivity contribution in [2.75, 3.05) is 0 Å². The van der Waals surface area contributed by atoms with Crippen LogP contribution in [-0.2, 0) is 6.18 Å². The highest BCUT2D eigenvalue weighted by Gasteiger charge is 2.61. The molecule has 4 aromatic rings. The molecule has 1 aliphatic carbocycles. The van der Waals surface area contributed by atoms with Crippen LogP contribution in [0.15, 0.2) is 29.3 Å². The third kappa shape index (κ3) is 4.79. The van der Waals surface area contributed by atoms with Crippen molar-refractivity contribution in [3.8, 4) is 22.7 Å². The second kappa shape index (κ2) is 10.4. The lowest BCUT2D eigenvalue weighted by atomic mass is 9.99. The minimum Gasteiger partial charge on any atom is -0.508 e. The number of phenols is 1. The number of rotatable bonds is 5. The molecule has 4 unspecified atom stereocenters. The predicted molar refractivity (Wildman–Crippen MR) is 160 cm³/mol. The van der Waals surface area contributed by atoms with Gasteiger partial charge in [-0.05, 0) is 61.1 Å². The van der Waals surface area contributed by atoms with Gasteiger partial charge in [0.25, 0.3) is 0 Å². The molecule has 13 heteroatoms. The molecule has 7 rings (SSSR count). The molecule has 236 valence electrons. The van der Waals surface area contributed by atoms with Gasteiger partial charge in [0.1, 0.15) is 23.6 Å². The van der Waals surface area contributed by atoms with Crippen LogP contribution in [0.2, 0.25) is 5.02 Å². The molecule has 0 radical (unpaired) electrons. The van der Waals surface area contributed by atoms with Crippen LogP contribution in [0.4, 0.5) is 17.6 Å². The van der Waals surface area contributed by atoms with Crippen molar-refractivity contribution in [2.45, 2.75) is 83.0 Å². The van der Waals surface area contributed by atoms with Gasteiger partial charge in [-0.25, -0.2) is 28.7 Å². The average Bonchev–Trinajstić information content (AvgIpc) is 3.54. The lowest BCUT2D eigenvalue weighted by Crippen LogP contribution is -2.35. The van der Waals surface area contributed by atoms with Crippen LogP contribution < -0.4 is 11.0 Å². The zero-order valence-electron chi connectivity index (χ0n) is 25.0. The zero-order chi connectivity index (χ0) is 32.1. The molecule has 1 aromatic carbocycles. The first-order valence-electron chi connectivity index (χ1n) is 15.1. The predicted octanol–water partition coefficient (Wildman–Crippen LogP) is 6.86. The van der Waals surface area contributed by atoms with Crippen LogP contribution in [0.3, 0.4) is 0 Å². The standard InChI is InChI=1S/C32H31ClF4N6O2/c1-12(2)25-29(26(13(3)4)39-11-38-25)43-30-18(28(42-31(43)45)23-16-7-14-5-6-21(40-14)22(16)23)10-20(34)27(41-30)17-8-15(44)9-19(33)24(17)32(35,36)37/h8-14,16,21-23,40,44H,5-7H2,1-4H3/t14?,16?,21?,22-,23?/m0/s1. The molecule has 1 saturated carbocycles. The van der Waals surface area contributed by atoms with Crippen molar-refractivity contribution < 1.29 is 22.7 Å². The summed E-state index contributed by atoms with van der Waals surface area (Å²) in [6.07, 6.45) is -0.598. The Kier molecular flexibility index (Phi) is 6.97. The van der Waals surface area contributed by atoms with Crippen molar-refractivity contribution in [3.63, 3.8) is 0 Å². The highest BCUT2D eigenvalue weighted by Crippen LogP contribution is 2.63. The van der Waals surface area contributed by atoms with Crippen molar-refractivity contribution in [1.82, 2.24) is 29.8 Å². The molecular formula is C32H31ClF4N6O2. The van der Waals surface area contributed by atoms with Gasteiger partial charge in [0.2, 0.25) is 0 Å². The van der Waals surface area contributed by atoms with Crippen molar-refractivity contribution in [3.05, 3.63) is 68.5 Å². The van der Waals surface area contributed by atoms with Gasteiger partial charge in [-0.15, -0.1) is 0 Å². The number of hydrogen-bond donors (Lipinski definition) is 2. The van der Waals surface area contributed by atoms with Gasteiger partial charge >= 0.3 is 11.9 Å². The van der Waals surface area contributed by atoms with Crippen LogP contribution in [-0.4, -0.2) is 41.7 Å². The second-order valence-corrected chi connectivity index (χ2v) is 13.4. The normalized spacial score (nSPS) is 24.1. The van der Waals surface area contributed by atoms with Crippen LogP contribution in [0, 0.1) is 17.7 Å². The Labute approximate surface area is 260 Å². The second-order valence-electron chi connectivity index (χ2n) is 13.0. The summed E-state index contributed by atoms with van der Waals surface area (Å²) in [6.45, 7) is 7.57. The van der Waals surface area contributed by atoms with E-state index in [9.17, 15) is 23.1 Å². The number of nitrogens with zero attached hydrogens (tertiary/aromatic N) is 5. The van der Waals surface area contributed by atoms with Gasteiger partial charge in [-0.3, -0.25) is 0 Å². The number of hydrogen-bond acceptors (Lipinski definition) is 7. The molecule has 5 heterocycles. The molecule has 0 amide bonds. The largest absolute Gasteiger partial charge is 0.508 e. The summed E-state index contributed by atoms with van der Waals surface area (Å²) in [5, 5.41) is 13.3. The van der Waals surface area contributed by atoms with E-state index in [-0.39, 0.29) is 46.7 Å². The Morgan fingerprint density at radius 3 is 2.38 bits per heavy atom. The number of aromatic hydroxyl groups is 1. The number of pyridine rings is 1. The summed E-state index contributed by atoms with van der Waals surface area (Å²) >= 11 is 5.96. The summed E-state index contributed by atoms with van der Waals surface area (Å²) in [5.74, 6) is -1.67. The van der Waals surface area contributed by atoms with Crippen molar-refractivity contribution >= 4 is 22.6 Å². The number of phenolic OH excluding ortho intramolecular Hbond substituents is 1. The Bertz CT molecular complexity index is 1900. The van der Waals surface area contributed by atoms with Gasteiger partial charge in [0.15, 0.2) is 5.65 Å². The maximum Gasteiger partial charge on any atom is 0.418 e. The summed E-state index contributed by atoms with van der Waals surface area (Å²) in [4.78, 5) is 32.1. The molecule has 2 saturated heterocycles. The SMILES string of the molecule is CC(C)c1ncnc(C(C)C)c1-n1c(=O)nc(C2C3CC4CCC(N4)[C@H]32)c2cc(F)c(-c3cc(O)cc(Cl)c3C(F)(F)F)nc21. The Hall–Kier alpha value is -3.64. The van der Waals surface area contributed by atoms with Crippen LogP contribution in [0.25, 0.3) is 28.0 Å². The minimum atomic E-state index is -4.99. The number of piperidine rings is 1. The molecule has 2 bridgehead atoms. The van der Waals surface area contributed by atoms with E-state index in [1.165, 1.54) is 10.9 Å². The van der Waals surface area contributed by atoms with Crippen LogP contribution in [0.1, 0.15) is 87.4 Å². The maximum absolute atomic E-state index is 16.2. The van der Waals surface area contributed by atoms with Gasteiger partial charge in [0.05, 0.1) is 33.4 Å². The Balaban J connectivity index is 1.57. The molecule has 3 aromatic heterocycles. The molecule has 3 fully saturated rings. The molecule has 8 nitrogen and oxygen atoms in total. The summed E-state index contributed by atoms with van der Waals surface area (Å²) < 4.78 is 60.2. The fraction of sp³-hybridized carbons (Fsp3) is 0.469. The Morgan fingerprint density at radius 1 is 1.04 bits per heavy atom. The lowest BCUT2D eigenvalue weighted by molar-refractivity contribution is -0.137. The molecule has 0 spiro atoms. The highest BCUT2D eigenvalue weighted by atomic mass is 35.5. The number of nitrogens with one attached hydrogen (secondary N) is 1. The van der Waals surface area contributed by atoms with E-state index in [1.807, 2.05) is 27.7 Å². The van der Waals surface area contributed by atoms with E-state index in [0.717, 1.165) is 37.5 Å². The first-order chi connectivity index (χ1) is 21.3. The van der Waals surface area contributed by atoms with Crippen molar-refractivity contribution in [2.24, 2.45) is 11.8 Å². The Morgan fingerprint density at radius 2 is 1.73 bits per heavy atom. The molecular weight excluding hydrogens is 612 g/mol. The third-order valence-corrected chi connectivity index (χ3v) is 9.80. The maximum atomic E-state index is 16.2. The summed E-state index contributed by atoms with van der Waals surface area (Å²) in [7, 11) is 0. The smallest absolute Gasteiger partial charge is 0.418 e. The fourth-order valence-electron chi connectivity index (χ4n) is 7.64. The summed E-state index contributed by atoms with van der Waals surface area (Å²) in [5.41, 5.74) is -1.82. The van der Waals surface area contributed by atoms with E-state index in [1.54, 1.807) is 0 Å². The molecule has 45 heavy (non-hydrogen) atoms. The van der Waals surface area contributed by atoms with E-state index in [4.69, 9.17) is 11.6 Å².